The highest BCUT2D eigenvalue weighted by atomic mass is 16.6. The molecule has 2 rings (SSSR count). The first-order valence-electron chi connectivity index (χ1n) is 6.69. The van der Waals surface area contributed by atoms with E-state index in [-0.39, 0.29) is 5.71 Å². The number of benzene rings is 2. The fraction of sp³-hybridized carbons (Fsp3) is 0.176. The molecule has 0 aromatic heterocycles. The molecule has 0 bridgehead atoms. The van der Waals surface area contributed by atoms with E-state index in [1.165, 1.54) is 14.2 Å². The molecule has 0 radical (unpaired) electrons. The molecule has 0 aliphatic rings. The maximum absolute atomic E-state index is 11.9. The smallest absolute Gasteiger partial charge is 0.360 e. The summed E-state index contributed by atoms with van der Waals surface area (Å²) in [4.78, 5) is 16.6. The van der Waals surface area contributed by atoms with E-state index < -0.39 is 5.97 Å². The Balaban J connectivity index is 2.39. The Morgan fingerprint density at radius 3 is 2.32 bits per heavy atom. The van der Waals surface area contributed by atoms with Gasteiger partial charge in [0.15, 0.2) is 5.71 Å². The maximum atomic E-state index is 11.9. The molecule has 2 aromatic rings. The quantitative estimate of drug-likeness (QED) is 0.483. The molecule has 5 nitrogen and oxygen atoms in total. The molecule has 0 saturated carbocycles. The molecule has 0 saturated heterocycles. The minimum absolute atomic E-state index is 0.0488. The summed E-state index contributed by atoms with van der Waals surface area (Å²) in [6.07, 6.45) is 0. The summed E-state index contributed by atoms with van der Waals surface area (Å²) in [6, 6.07) is 14.7. The number of nitrogens with zero attached hydrogens (tertiary/aromatic N) is 1. The molecule has 114 valence electrons. The second-order valence-electron chi connectivity index (χ2n) is 4.53. The van der Waals surface area contributed by atoms with E-state index in [4.69, 9.17) is 14.3 Å². The Kier molecular flexibility index (Phi) is 5.14. The Labute approximate surface area is 129 Å². The van der Waals surface area contributed by atoms with Crippen molar-refractivity contribution in [2.45, 2.75) is 6.92 Å². The first kappa shape index (κ1) is 15.6. The van der Waals surface area contributed by atoms with Crippen LogP contribution in [0.1, 0.15) is 11.1 Å². The van der Waals surface area contributed by atoms with Gasteiger partial charge in [0.2, 0.25) is 0 Å². The predicted molar refractivity (Wildman–Crippen MR) is 83.3 cm³/mol. The summed E-state index contributed by atoms with van der Waals surface area (Å²) in [6.45, 7) is 2.00. The van der Waals surface area contributed by atoms with Crippen LogP contribution in [0.2, 0.25) is 0 Å². The SMILES string of the molecule is CO/N=C(\C(=O)OC)c1ccccc1Oc1ccc(C)cc1. The predicted octanol–water partition coefficient (Wildman–Crippen LogP) is 3.31. The summed E-state index contributed by atoms with van der Waals surface area (Å²) in [5.74, 6) is 0.564. The van der Waals surface area contributed by atoms with Gasteiger partial charge in [0.05, 0.1) is 12.7 Å². The standard InChI is InChI=1S/C17H17NO4/c1-12-8-10-13(11-9-12)22-15-7-5-4-6-14(15)16(18-21-3)17(19)20-2/h4-11H,1-3H3/b18-16-. The van der Waals surface area contributed by atoms with Gasteiger partial charge in [0.25, 0.3) is 0 Å². The number of hydrogen-bond donors (Lipinski definition) is 0. The number of para-hydroxylation sites is 1. The zero-order valence-corrected chi connectivity index (χ0v) is 12.7. The van der Waals surface area contributed by atoms with Crippen LogP contribution in [0.15, 0.2) is 53.7 Å². The summed E-state index contributed by atoms with van der Waals surface area (Å²) < 4.78 is 10.6. The molecule has 0 N–H and O–H groups in total. The van der Waals surface area contributed by atoms with E-state index in [0.717, 1.165) is 5.56 Å². The molecule has 0 atom stereocenters. The number of aryl methyl sites for hydroxylation is 1. The Bertz CT molecular complexity index is 677. The number of methoxy groups -OCH3 is 1. The minimum atomic E-state index is -0.596. The lowest BCUT2D eigenvalue weighted by molar-refractivity contribution is -0.132. The average molecular weight is 299 g/mol. The van der Waals surface area contributed by atoms with Gasteiger partial charge in [0.1, 0.15) is 18.6 Å². The van der Waals surface area contributed by atoms with Gasteiger partial charge in [-0.2, -0.15) is 0 Å². The number of rotatable bonds is 5. The molecule has 0 unspecified atom stereocenters. The number of esters is 1. The minimum Gasteiger partial charge on any atom is -0.464 e. The third-order valence-electron chi connectivity index (χ3n) is 2.95. The number of ether oxygens (including phenoxy) is 2. The van der Waals surface area contributed by atoms with Crippen molar-refractivity contribution in [3.05, 3.63) is 59.7 Å². The van der Waals surface area contributed by atoms with E-state index in [0.29, 0.717) is 17.1 Å². The number of hydrogen-bond acceptors (Lipinski definition) is 5. The summed E-state index contributed by atoms with van der Waals surface area (Å²) in [5, 5.41) is 3.74. The third kappa shape index (κ3) is 3.63. The number of oxime groups is 1. The van der Waals surface area contributed by atoms with Crippen molar-refractivity contribution < 1.29 is 19.1 Å². The van der Waals surface area contributed by atoms with E-state index in [1.807, 2.05) is 37.3 Å². The molecular formula is C17H17NO4. The number of carbonyl (C=O) groups excluding carboxylic acids is 1. The lowest BCUT2D eigenvalue weighted by Crippen LogP contribution is -2.18. The second kappa shape index (κ2) is 7.26. The van der Waals surface area contributed by atoms with Gasteiger partial charge < -0.3 is 14.3 Å². The molecule has 5 heteroatoms. The highest BCUT2D eigenvalue weighted by Crippen LogP contribution is 2.26. The van der Waals surface area contributed by atoms with E-state index in [9.17, 15) is 4.79 Å². The van der Waals surface area contributed by atoms with E-state index >= 15 is 0 Å². The normalized spacial score (nSPS) is 11.0. The van der Waals surface area contributed by atoms with Crippen LogP contribution in [0.4, 0.5) is 0 Å². The van der Waals surface area contributed by atoms with Crippen LogP contribution in [0.5, 0.6) is 11.5 Å². The van der Waals surface area contributed by atoms with Crippen molar-refractivity contribution in [3.63, 3.8) is 0 Å². The van der Waals surface area contributed by atoms with Crippen molar-refractivity contribution in [1.29, 1.82) is 0 Å². The van der Waals surface area contributed by atoms with Gasteiger partial charge in [-0.15, -0.1) is 0 Å². The first-order chi connectivity index (χ1) is 10.7. The second-order valence-corrected chi connectivity index (χ2v) is 4.53. The Morgan fingerprint density at radius 1 is 1.00 bits per heavy atom. The third-order valence-corrected chi connectivity index (χ3v) is 2.95. The van der Waals surface area contributed by atoms with Crippen LogP contribution >= 0.6 is 0 Å². The largest absolute Gasteiger partial charge is 0.464 e. The summed E-state index contributed by atoms with van der Waals surface area (Å²) in [5.41, 5.74) is 1.68. The topological polar surface area (TPSA) is 57.1 Å². The van der Waals surface area contributed by atoms with E-state index in [2.05, 4.69) is 5.16 Å². The van der Waals surface area contributed by atoms with Crippen LogP contribution in [0, 0.1) is 6.92 Å². The van der Waals surface area contributed by atoms with Crippen molar-refractivity contribution in [2.24, 2.45) is 5.16 Å². The average Bonchev–Trinajstić information content (AvgIpc) is 2.55. The van der Waals surface area contributed by atoms with Crippen LogP contribution < -0.4 is 4.74 Å². The lowest BCUT2D eigenvalue weighted by atomic mass is 10.1. The van der Waals surface area contributed by atoms with Crippen LogP contribution in [0.3, 0.4) is 0 Å². The van der Waals surface area contributed by atoms with Crippen LogP contribution in [-0.4, -0.2) is 25.9 Å². The molecule has 0 heterocycles. The highest BCUT2D eigenvalue weighted by Gasteiger charge is 2.20. The van der Waals surface area contributed by atoms with Crippen molar-refractivity contribution in [2.75, 3.05) is 14.2 Å². The van der Waals surface area contributed by atoms with E-state index in [1.54, 1.807) is 18.2 Å². The fourth-order valence-electron chi connectivity index (χ4n) is 1.87. The van der Waals surface area contributed by atoms with Gasteiger partial charge in [-0.05, 0) is 31.2 Å². The molecule has 2 aromatic carbocycles. The van der Waals surface area contributed by atoms with Gasteiger partial charge in [-0.25, -0.2) is 4.79 Å². The fourth-order valence-corrected chi connectivity index (χ4v) is 1.87. The van der Waals surface area contributed by atoms with Gasteiger partial charge in [-0.1, -0.05) is 35.0 Å². The molecular weight excluding hydrogens is 282 g/mol. The molecule has 0 aliphatic heterocycles. The molecule has 0 spiro atoms. The highest BCUT2D eigenvalue weighted by molar-refractivity contribution is 6.43. The van der Waals surface area contributed by atoms with Crippen molar-refractivity contribution in [1.82, 2.24) is 0 Å². The summed E-state index contributed by atoms with van der Waals surface area (Å²) in [7, 11) is 2.66. The van der Waals surface area contributed by atoms with Gasteiger partial charge in [-0.3, -0.25) is 0 Å². The Hall–Kier alpha value is -2.82. The van der Waals surface area contributed by atoms with Crippen molar-refractivity contribution >= 4 is 11.7 Å². The first-order valence-corrected chi connectivity index (χ1v) is 6.69. The van der Waals surface area contributed by atoms with Crippen LogP contribution in [0.25, 0.3) is 0 Å². The maximum Gasteiger partial charge on any atom is 0.360 e. The summed E-state index contributed by atoms with van der Waals surface area (Å²) >= 11 is 0. The zero-order valence-electron chi connectivity index (χ0n) is 12.7. The molecule has 0 aliphatic carbocycles. The van der Waals surface area contributed by atoms with Crippen LogP contribution in [-0.2, 0) is 14.4 Å². The zero-order chi connectivity index (χ0) is 15.9. The van der Waals surface area contributed by atoms with Gasteiger partial charge in [0, 0.05) is 0 Å². The monoisotopic (exact) mass is 299 g/mol. The molecule has 0 fully saturated rings. The lowest BCUT2D eigenvalue weighted by Gasteiger charge is -2.11. The van der Waals surface area contributed by atoms with Gasteiger partial charge >= 0.3 is 5.97 Å². The molecule has 0 amide bonds. The Morgan fingerprint density at radius 2 is 1.68 bits per heavy atom. The number of carbonyl (C=O) groups is 1. The van der Waals surface area contributed by atoms with Crippen molar-refractivity contribution in [3.8, 4) is 11.5 Å². The molecule has 22 heavy (non-hydrogen) atoms.